The predicted octanol–water partition coefficient (Wildman–Crippen LogP) is 3.13. The number of anilines is 2. The summed E-state index contributed by atoms with van der Waals surface area (Å²) < 4.78 is 0. The first-order valence-corrected chi connectivity index (χ1v) is 7.64. The second-order valence-electron chi connectivity index (χ2n) is 5.53. The maximum absolute atomic E-state index is 6.07. The van der Waals surface area contributed by atoms with Gasteiger partial charge in [-0.05, 0) is 45.1 Å². The molecule has 0 aliphatic carbocycles. The molecule has 6 heteroatoms. The average molecular weight is 320 g/mol. The van der Waals surface area contributed by atoms with Crippen molar-refractivity contribution in [3.8, 4) is 11.1 Å². The molecule has 5 nitrogen and oxygen atoms in total. The molecule has 1 atom stereocenters. The highest BCUT2D eigenvalue weighted by Gasteiger charge is 2.10. The van der Waals surface area contributed by atoms with Gasteiger partial charge in [-0.25, -0.2) is 4.98 Å². The normalized spacial score (nSPS) is 12.4. The Morgan fingerprint density at radius 1 is 1.36 bits per heavy atom. The molecule has 0 fully saturated rings. The highest BCUT2D eigenvalue weighted by atomic mass is 35.5. The number of nitrogen functional groups attached to an aromatic ring is 1. The van der Waals surface area contributed by atoms with E-state index in [0.29, 0.717) is 11.1 Å². The van der Waals surface area contributed by atoms with Gasteiger partial charge in [0.1, 0.15) is 5.82 Å². The van der Waals surface area contributed by atoms with Crippen LogP contribution in [0.4, 0.5) is 11.8 Å². The van der Waals surface area contributed by atoms with Crippen LogP contribution >= 0.6 is 11.6 Å². The van der Waals surface area contributed by atoms with Gasteiger partial charge in [0.05, 0.1) is 0 Å². The smallest absolute Gasteiger partial charge is 0.221 e. The maximum atomic E-state index is 6.07. The van der Waals surface area contributed by atoms with Gasteiger partial charge in [0.15, 0.2) is 0 Å². The minimum absolute atomic E-state index is 0.258. The van der Waals surface area contributed by atoms with Crippen LogP contribution < -0.4 is 11.1 Å². The molecule has 0 radical (unpaired) electrons. The van der Waals surface area contributed by atoms with E-state index in [0.717, 1.165) is 29.9 Å². The van der Waals surface area contributed by atoms with Crippen molar-refractivity contribution in [3.05, 3.63) is 35.5 Å². The van der Waals surface area contributed by atoms with Crippen LogP contribution in [0.1, 0.15) is 13.3 Å². The molecule has 2 aromatic rings. The quantitative estimate of drug-likeness (QED) is 0.856. The van der Waals surface area contributed by atoms with Crippen LogP contribution in [0, 0.1) is 0 Å². The third kappa shape index (κ3) is 4.32. The van der Waals surface area contributed by atoms with Gasteiger partial charge in [0.25, 0.3) is 0 Å². The highest BCUT2D eigenvalue weighted by molar-refractivity contribution is 6.30. The van der Waals surface area contributed by atoms with Crippen molar-refractivity contribution in [3.63, 3.8) is 0 Å². The number of nitrogens with one attached hydrogen (secondary N) is 1. The fraction of sp³-hybridized carbons (Fsp3) is 0.375. The largest absolute Gasteiger partial charge is 0.369 e. The number of nitrogens with zero attached hydrogens (tertiary/aromatic N) is 3. The molecule has 0 saturated heterocycles. The lowest BCUT2D eigenvalue weighted by Crippen LogP contribution is -2.27. The minimum Gasteiger partial charge on any atom is -0.369 e. The van der Waals surface area contributed by atoms with Gasteiger partial charge >= 0.3 is 0 Å². The monoisotopic (exact) mass is 319 g/mol. The van der Waals surface area contributed by atoms with Crippen LogP contribution in [0.25, 0.3) is 11.1 Å². The molecular formula is C16H22ClN5. The Labute approximate surface area is 136 Å². The standard InChI is InChI=1S/C16H22ClN5/c1-11(22(2)3)7-8-19-15-14(10-20-16(18)21-15)12-5-4-6-13(17)9-12/h4-6,9-11H,7-8H2,1-3H3,(H3,18,19,20,21). The molecule has 1 aromatic heterocycles. The molecule has 0 bridgehead atoms. The lowest BCUT2D eigenvalue weighted by atomic mass is 10.1. The molecule has 0 aliphatic rings. The molecule has 0 saturated carbocycles. The molecular weight excluding hydrogens is 298 g/mol. The molecule has 3 N–H and O–H groups in total. The minimum atomic E-state index is 0.258. The fourth-order valence-electron chi connectivity index (χ4n) is 2.06. The molecule has 1 unspecified atom stereocenters. The molecule has 1 heterocycles. The van der Waals surface area contributed by atoms with E-state index in [4.69, 9.17) is 17.3 Å². The van der Waals surface area contributed by atoms with Gasteiger partial charge < -0.3 is 16.0 Å². The summed E-state index contributed by atoms with van der Waals surface area (Å²) in [5, 5.41) is 4.04. The Balaban J connectivity index is 2.18. The molecule has 0 aliphatic heterocycles. The SMILES string of the molecule is CC(CCNc1nc(N)ncc1-c1cccc(Cl)c1)N(C)C. The number of halogens is 1. The first-order chi connectivity index (χ1) is 10.5. The van der Waals surface area contributed by atoms with Gasteiger partial charge in [0.2, 0.25) is 5.95 Å². The van der Waals surface area contributed by atoms with Crippen LogP contribution in [-0.4, -0.2) is 41.5 Å². The Morgan fingerprint density at radius 2 is 2.14 bits per heavy atom. The van der Waals surface area contributed by atoms with E-state index < -0.39 is 0 Å². The predicted molar refractivity (Wildman–Crippen MR) is 93.1 cm³/mol. The van der Waals surface area contributed by atoms with Crippen molar-refractivity contribution >= 4 is 23.4 Å². The highest BCUT2D eigenvalue weighted by Crippen LogP contribution is 2.28. The molecule has 2 rings (SSSR count). The van der Waals surface area contributed by atoms with Crippen molar-refractivity contribution in [1.29, 1.82) is 0 Å². The van der Waals surface area contributed by atoms with Crippen molar-refractivity contribution in [2.75, 3.05) is 31.7 Å². The number of hydrogen-bond donors (Lipinski definition) is 2. The summed E-state index contributed by atoms with van der Waals surface area (Å²) in [7, 11) is 4.15. The molecule has 118 valence electrons. The number of nitrogens with two attached hydrogens (primary N) is 1. The number of rotatable bonds is 6. The van der Waals surface area contributed by atoms with Crippen molar-refractivity contribution in [2.45, 2.75) is 19.4 Å². The number of aromatic nitrogens is 2. The maximum Gasteiger partial charge on any atom is 0.221 e. The summed E-state index contributed by atoms with van der Waals surface area (Å²) in [4.78, 5) is 10.6. The van der Waals surface area contributed by atoms with Gasteiger partial charge in [-0.1, -0.05) is 23.7 Å². The first-order valence-electron chi connectivity index (χ1n) is 7.26. The van der Waals surface area contributed by atoms with E-state index in [9.17, 15) is 0 Å². The lowest BCUT2D eigenvalue weighted by molar-refractivity contribution is 0.304. The fourth-order valence-corrected chi connectivity index (χ4v) is 2.25. The van der Waals surface area contributed by atoms with Gasteiger partial charge in [0, 0.05) is 29.4 Å². The van der Waals surface area contributed by atoms with E-state index in [1.807, 2.05) is 24.3 Å². The Bertz CT molecular complexity index is 630. The number of hydrogen-bond acceptors (Lipinski definition) is 5. The van der Waals surface area contributed by atoms with E-state index in [1.165, 1.54) is 0 Å². The van der Waals surface area contributed by atoms with Crippen LogP contribution in [0.5, 0.6) is 0 Å². The summed E-state index contributed by atoms with van der Waals surface area (Å²) >= 11 is 6.07. The van der Waals surface area contributed by atoms with E-state index in [2.05, 4.69) is 41.2 Å². The Morgan fingerprint density at radius 3 is 2.82 bits per heavy atom. The summed E-state index contributed by atoms with van der Waals surface area (Å²) in [5.41, 5.74) is 7.58. The van der Waals surface area contributed by atoms with E-state index >= 15 is 0 Å². The summed E-state index contributed by atoms with van der Waals surface area (Å²) in [6.07, 6.45) is 2.73. The molecule has 22 heavy (non-hydrogen) atoms. The zero-order valence-electron chi connectivity index (χ0n) is 13.2. The molecule has 1 aromatic carbocycles. The van der Waals surface area contributed by atoms with Gasteiger partial charge in [-0.2, -0.15) is 4.98 Å². The van der Waals surface area contributed by atoms with Crippen LogP contribution in [-0.2, 0) is 0 Å². The zero-order chi connectivity index (χ0) is 16.1. The summed E-state index contributed by atoms with van der Waals surface area (Å²) in [6.45, 7) is 3.00. The topological polar surface area (TPSA) is 67.1 Å². The molecule has 0 spiro atoms. The first kappa shape index (κ1) is 16.5. The van der Waals surface area contributed by atoms with Gasteiger partial charge in [-0.3, -0.25) is 0 Å². The third-order valence-corrected chi connectivity index (χ3v) is 3.91. The van der Waals surface area contributed by atoms with Crippen molar-refractivity contribution in [1.82, 2.24) is 14.9 Å². The Kier molecular flexibility index (Phi) is 5.57. The third-order valence-electron chi connectivity index (χ3n) is 3.68. The zero-order valence-corrected chi connectivity index (χ0v) is 13.9. The van der Waals surface area contributed by atoms with Crippen LogP contribution in [0.3, 0.4) is 0 Å². The average Bonchev–Trinajstić information content (AvgIpc) is 2.47. The molecule has 0 amide bonds. The van der Waals surface area contributed by atoms with Crippen LogP contribution in [0.2, 0.25) is 5.02 Å². The van der Waals surface area contributed by atoms with Crippen molar-refractivity contribution in [2.24, 2.45) is 0 Å². The van der Waals surface area contributed by atoms with Crippen LogP contribution in [0.15, 0.2) is 30.5 Å². The lowest BCUT2D eigenvalue weighted by Gasteiger charge is -2.20. The van der Waals surface area contributed by atoms with E-state index in [1.54, 1.807) is 6.20 Å². The number of benzene rings is 1. The summed E-state index contributed by atoms with van der Waals surface area (Å²) in [6, 6.07) is 8.11. The second kappa shape index (κ2) is 7.42. The summed E-state index contributed by atoms with van der Waals surface area (Å²) in [5.74, 6) is 0.995. The van der Waals surface area contributed by atoms with Gasteiger partial charge in [-0.15, -0.1) is 0 Å². The van der Waals surface area contributed by atoms with E-state index in [-0.39, 0.29) is 5.95 Å². The second-order valence-corrected chi connectivity index (χ2v) is 5.97. The Hall–Kier alpha value is -1.85. The van der Waals surface area contributed by atoms with Crippen molar-refractivity contribution < 1.29 is 0 Å².